The summed E-state index contributed by atoms with van der Waals surface area (Å²) in [5, 5.41) is 13.7. The third kappa shape index (κ3) is 3.12. The van der Waals surface area contributed by atoms with E-state index in [0.717, 1.165) is 31.0 Å². The molecule has 2 atom stereocenters. The minimum atomic E-state index is -0.207. The van der Waals surface area contributed by atoms with Gasteiger partial charge in [0.25, 0.3) is 0 Å². The average Bonchev–Trinajstić information content (AvgIpc) is 3.06. The summed E-state index contributed by atoms with van der Waals surface area (Å²) in [6, 6.07) is 16.4. The maximum Gasteiger partial charge on any atom is 0.160 e. The van der Waals surface area contributed by atoms with Crippen molar-refractivity contribution in [3.8, 4) is 11.5 Å². The lowest BCUT2D eigenvalue weighted by atomic mass is 9.71. The molecule has 1 fully saturated rings. The number of nitrogens with one attached hydrogen (secondary N) is 1. The van der Waals surface area contributed by atoms with Crippen LogP contribution >= 0.6 is 0 Å². The minimum Gasteiger partial charge on any atom is -0.493 e. The van der Waals surface area contributed by atoms with Gasteiger partial charge in [-0.1, -0.05) is 36.4 Å². The molecule has 4 nitrogen and oxygen atoms in total. The van der Waals surface area contributed by atoms with Gasteiger partial charge in [-0.15, -0.1) is 0 Å². The number of aliphatic hydroxyl groups is 1. The molecule has 0 amide bonds. The molecule has 1 saturated heterocycles. The van der Waals surface area contributed by atoms with Crippen molar-refractivity contribution in [3.63, 3.8) is 0 Å². The van der Waals surface area contributed by atoms with Gasteiger partial charge in [0.15, 0.2) is 11.5 Å². The molecule has 0 aliphatic carbocycles. The molecule has 2 N–H and O–H groups in total. The van der Waals surface area contributed by atoms with Gasteiger partial charge in [0.2, 0.25) is 0 Å². The Hall–Kier alpha value is -2.04. The van der Waals surface area contributed by atoms with E-state index in [1.54, 1.807) is 14.2 Å². The Morgan fingerprint density at radius 2 is 1.83 bits per heavy atom. The second-order valence-electron chi connectivity index (χ2n) is 6.48. The van der Waals surface area contributed by atoms with Crippen molar-refractivity contribution in [2.45, 2.75) is 12.3 Å². The fourth-order valence-electron chi connectivity index (χ4n) is 3.76. The molecule has 2 unspecified atom stereocenters. The van der Waals surface area contributed by atoms with E-state index in [1.165, 1.54) is 11.1 Å². The van der Waals surface area contributed by atoms with Crippen molar-refractivity contribution in [1.29, 1.82) is 0 Å². The summed E-state index contributed by atoms with van der Waals surface area (Å²) >= 11 is 0. The lowest BCUT2D eigenvalue weighted by Crippen LogP contribution is -2.35. The lowest BCUT2D eigenvalue weighted by molar-refractivity contribution is 0.126. The van der Waals surface area contributed by atoms with Crippen LogP contribution in [0.5, 0.6) is 11.5 Å². The summed E-state index contributed by atoms with van der Waals surface area (Å²) in [6.45, 7) is 1.80. The minimum absolute atomic E-state index is 0.147. The molecule has 0 aromatic heterocycles. The molecule has 0 spiro atoms. The smallest absolute Gasteiger partial charge is 0.160 e. The summed E-state index contributed by atoms with van der Waals surface area (Å²) in [6.07, 6.45) is 0.844. The van der Waals surface area contributed by atoms with Gasteiger partial charge in [0.05, 0.1) is 20.8 Å². The first kappa shape index (κ1) is 16.8. The van der Waals surface area contributed by atoms with Gasteiger partial charge in [-0.05, 0) is 29.7 Å². The number of rotatable bonds is 6. The van der Waals surface area contributed by atoms with Crippen LogP contribution in [0.2, 0.25) is 0 Å². The lowest BCUT2D eigenvalue weighted by Gasteiger charge is -2.33. The summed E-state index contributed by atoms with van der Waals surface area (Å²) in [5.74, 6) is 1.68. The Labute approximate surface area is 143 Å². The van der Waals surface area contributed by atoms with E-state index in [1.807, 2.05) is 30.3 Å². The first-order valence-electron chi connectivity index (χ1n) is 8.30. The molecule has 0 saturated carbocycles. The Kier molecular flexibility index (Phi) is 5.07. The number of hydrogen-bond donors (Lipinski definition) is 2. The fraction of sp³-hybridized carbons (Fsp3) is 0.400. The average molecular weight is 327 g/mol. The molecule has 24 heavy (non-hydrogen) atoms. The highest BCUT2D eigenvalue weighted by molar-refractivity contribution is 5.45. The van der Waals surface area contributed by atoms with E-state index in [-0.39, 0.29) is 17.9 Å². The second-order valence-corrected chi connectivity index (χ2v) is 6.48. The van der Waals surface area contributed by atoms with Gasteiger partial charge < -0.3 is 19.9 Å². The predicted molar refractivity (Wildman–Crippen MR) is 94.8 cm³/mol. The van der Waals surface area contributed by atoms with Gasteiger partial charge in [-0.3, -0.25) is 0 Å². The van der Waals surface area contributed by atoms with E-state index < -0.39 is 0 Å². The Bertz CT molecular complexity index is 674. The maximum absolute atomic E-state index is 10.2. The highest BCUT2D eigenvalue weighted by atomic mass is 16.5. The normalized spacial score (nSPS) is 23.2. The van der Waals surface area contributed by atoms with E-state index in [0.29, 0.717) is 0 Å². The number of aliphatic hydroxyl groups excluding tert-OH is 1. The number of methoxy groups -OCH3 is 2. The molecule has 4 heteroatoms. The predicted octanol–water partition coefficient (Wildman–Crippen LogP) is 2.61. The van der Waals surface area contributed by atoms with Gasteiger partial charge in [-0.2, -0.15) is 0 Å². The highest BCUT2D eigenvalue weighted by Gasteiger charge is 2.43. The van der Waals surface area contributed by atoms with Crippen molar-refractivity contribution in [2.75, 3.05) is 33.9 Å². The standard InChI is InChI=1S/C20H25NO3/c1-23-18-9-8-16(10-19(18)24-2)17-12-21-13-20(17,14-22)11-15-6-4-3-5-7-15/h3-10,17,21-22H,11-14H2,1-2H3. The van der Waals surface area contributed by atoms with Crippen LogP contribution in [0.4, 0.5) is 0 Å². The summed E-state index contributed by atoms with van der Waals surface area (Å²) in [7, 11) is 3.29. The zero-order valence-corrected chi connectivity index (χ0v) is 14.3. The molecular formula is C20H25NO3. The second kappa shape index (κ2) is 7.24. The van der Waals surface area contributed by atoms with Crippen molar-refractivity contribution in [3.05, 3.63) is 59.7 Å². The van der Waals surface area contributed by atoms with Crippen molar-refractivity contribution in [1.82, 2.24) is 5.32 Å². The Morgan fingerprint density at radius 1 is 1.08 bits per heavy atom. The van der Waals surface area contributed by atoms with Gasteiger partial charge in [-0.25, -0.2) is 0 Å². The molecule has 128 valence electrons. The molecule has 2 aromatic rings. The Balaban J connectivity index is 1.93. The van der Waals surface area contributed by atoms with E-state index in [4.69, 9.17) is 9.47 Å². The molecule has 1 aliphatic rings. The van der Waals surface area contributed by atoms with Crippen molar-refractivity contribution in [2.24, 2.45) is 5.41 Å². The van der Waals surface area contributed by atoms with Crippen LogP contribution in [0.1, 0.15) is 17.0 Å². The maximum atomic E-state index is 10.2. The third-order valence-electron chi connectivity index (χ3n) is 5.09. The van der Waals surface area contributed by atoms with Crippen molar-refractivity contribution >= 4 is 0 Å². The number of ether oxygens (including phenoxy) is 2. The fourth-order valence-corrected chi connectivity index (χ4v) is 3.76. The van der Waals surface area contributed by atoms with Crippen LogP contribution in [-0.2, 0) is 6.42 Å². The van der Waals surface area contributed by atoms with Crippen molar-refractivity contribution < 1.29 is 14.6 Å². The van der Waals surface area contributed by atoms with Crippen LogP contribution < -0.4 is 14.8 Å². The van der Waals surface area contributed by atoms with E-state index in [9.17, 15) is 5.11 Å². The highest BCUT2D eigenvalue weighted by Crippen LogP contribution is 2.43. The van der Waals surface area contributed by atoms with E-state index >= 15 is 0 Å². The molecule has 0 radical (unpaired) electrons. The van der Waals surface area contributed by atoms with E-state index in [2.05, 4.69) is 23.5 Å². The molecule has 1 heterocycles. The van der Waals surface area contributed by atoms with Gasteiger partial charge >= 0.3 is 0 Å². The molecule has 1 aliphatic heterocycles. The number of hydrogen-bond acceptors (Lipinski definition) is 4. The quantitative estimate of drug-likeness (QED) is 0.856. The summed E-state index contributed by atoms with van der Waals surface area (Å²) < 4.78 is 10.8. The van der Waals surface area contributed by atoms with Crippen LogP contribution in [-0.4, -0.2) is 39.0 Å². The zero-order chi connectivity index (χ0) is 17.0. The molecule has 3 rings (SSSR count). The first-order chi connectivity index (χ1) is 11.7. The largest absolute Gasteiger partial charge is 0.493 e. The molecule has 2 aromatic carbocycles. The summed E-state index contributed by atoms with van der Waals surface area (Å²) in [5.41, 5.74) is 2.21. The number of benzene rings is 2. The van der Waals surface area contributed by atoms with Crippen LogP contribution in [0.15, 0.2) is 48.5 Å². The topological polar surface area (TPSA) is 50.7 Å². The van der Waals surface area contributed by atoms with Gasteiger partial charge in [0.1, 0.15) is 0 Å². The first-order valence-corrected chi connectivity index (χ1v) is 8.30. The Morgan fingerprint density at radius 3 is 2.50 bits per heavy atom. The SMILES string of the molecule is COc1ccc(C2CNCC2(CO)Cc2ccccc2)cc1OC. The van der Waals surface area contributed by atoms with Gasteiger partial charge in [0, 0.05) is 24.4 Å². The summed E-state index contributed by atoms with van der Waals surface area (Å²) in [4.78, 5) is 0. The van der Waals surface area contributed by atoms with Crippen LogP contribution in [0, 0.1) is 5.41 Å². The van der Waals surface area contributed by atoms with Crippen LogP contribution in [0.3, 0.4) is 0 Å². The molecule has 0 bridgehead atoms. The molecular weight excluding hydrogens is 302 g/mol. The monoisotopic (exact) mass is 327 g/mol. The zero-order valence-electron chi connectivity index (χ0n) is 14.3. The third-order valence-corrected chi connectivity index (χ3v) is 5.09. The van der Waals surface area contributed by atoms with Crippen LogP contribution in [0.25, 0.3) is 0 Å².